The first-order valence-corrected chi connectivity index (χ1v) is 31.0. The largest absolute Gasteiger partial charge is 0.488 e. The lowest BCUT2D eigenvalue weighted by molar-refractivity contribution is -0.153. The van der Waals surface area contributed by atoms with Crippen LogP contribution in [0.1, 0.15) is 214 Å². The molecule has 0 heterocycles. The Morgan fingerprint density at radius 1 is 0.352 bits per heavy atom. The average molecular weight is 1330 g/mol. The second-order valence-electron chi connectivity index (χ2n) is 22.9. The number of benzene rings is 6. The lowest BCUT2D eigenvalue weighted by Gasteiger charge is -2.16. The normalized spacial score (nSPS) is 12.0. The van der Waals surface area contributed by atoms with E-state index in [0.717, 1.165) is 34.0 Å². The van der Waals surface area contributed by atoms with Crippen LogP contribution in [0.5, 0.6) is 11.5 Å². The summed E-state index contributed by atoms with van der Waals surface area (Å²) in [6.45, 7) is 27.7. The fourth-order valence-electron chi connectivity index (χ4n) is 7.50. The van der Waals surface area contributed by atoms with Crippen LogP contribution < -0.4 is 9.47 Å². The zero-order chi connectivity index (χ0) is 70.5. The fourth-order valence-corrected chi connectivity index (χ4v) is 8.16. The van der Waals surface area contributed by atoms with Gasteiger partial charge in [-0.2, -0.15) is 52.7 Å². The molecule has 0 aliphatic rings. The molecule has 91 heavy (non-hydrogen) atoms. The maximum absolute atomic E-state index is 12.4. The predicted octanol–water partition coefficient (Wildman–Crippen LogP) is 25.9. The molecule has 6 rings (SSSR count). The Bertz CT molecular complexity index is 2580. The van der Waals surface area contributed by atoms with Gasteiger partial charge in [0.05, 0.1) is 31.9 Å². The smallest absolute Gasteiger partial charge is 0.422 e. The van der Waals surface area contributed by atoms with Crippen LogP contribution in [0.2, 0.25) is 0 Å². The van der Waals surface area contributed by atoms with Crippen molar-refractivity contribution in [1.29, 1.82) is 0 Å². The molecule has 19 heteroatoms. The van der Waals surface area contributed by atoms with Gasteiger partial charge in [0, 0.05) is 4.90 Å². The van der Waals surface area contributed by atoms with Crippen molar-refractivity contribution in [2.75, 3.05) is 33.3 Å². The molecular formula is C72H96F16O2S. The van der Waals surface area contributed by atoms with Crippen molar-refractivity contribution in [3.05, 3.63) is 196 Å². The molecule has 2 atom stereocenters. The van der Waals surface area contributed by atoms with Crippen LogP contribution >= 0.6 is 11.8 Å². The van der Waals surface area contributed by atoms with Gasteiger partial charge in [0.15, 0.2) is 6.61 Å². The van der Waals surface area contributed by atoms with Gasteiger partial charge >= 0.3 is 24.7 Å². The van der Waals surface area contributed by atoms with Crippen LogP contribution in [-0.2, 0) is 6.42 Å². The van der Waals surface area contributed by atoms with Gasteiger partial charge in [0.2, 0.25) is 0 Å². The maximum atomic E-state index is 12.4. The Hall–Kier alpha value is -5.85. The molecule has 6 aromatic rings. The Morgan fingerprint density at radius 2 is 0.615 bits per heavy atom. The molecule has 0 radical (unpaired) electrons. The maximum Gasteiger partial charge on any atom is 0.422 e. The van der Waals surface area contributed by atoms with E-state index in [4.69, 9.17) is 4.74 Å². The summed E-state index contributed by atoms with van der Waals surface area (Å²) < 4.78 is 198. The summed E-state index contributed by atoms with van der Waals surface area (Å²) >= 11 is 0.823. The highest BCUT2D eigenvalue weighted by atomic mass is 32.2. The molecule has 0 N–H and O–H groups in total. The number of hydrogen-bond donors (Lipinski definition) is 0. The molecule has 6 aromatic carbocycles. The number of aryl methyl sites for hydroxylation is 1. The summed E-state index contributed by atoms with van der Waals surface area (Å²) in [7, 11) is 1.00. The van der Waals surface area contributed by atoms with Crippen molar-refractivity contribution in [1.82, 2.24) is 0 Å². The van der Waals surface area contributed by atoms with Gasteiger partial charge in [-0.25, -0.2) is 8.78 Å². The summed E-state index contributed by atoms with van der Waals surface area (Å²) in [5.74, 6) is -0.300. The van der Waals surface area contributed by atoms with E-state index >= 15 is 0 Å². The van der Waals surface area contributed by atoms with Crippen LogP contribution in [-0.4, -0.2) is 64.5 Å². The first kappa shape index (κ1) is 87.2. The van der Waals surface area contributed by atoms with E-state index < -0.39 is 61.9 Å². The Kier molecular flexibility index (Phi) is 42.8. The minimum Gasteiger partial charge on any atom is -0.488 e. The van der Waals surface area contributed by atoms with Gasteiger partial charge in [0.1, 0.15) is 18.1 Å². The highest BCUT2D eigenvalue weighted by molar-refractivity contribution is 7.99. The monoisotopic (exact) mass is 1330 g/mol. The first-order chi connectivity index (χ1) is 42.2. The second-order valence-corrected chi connectivity index (χ2v) is 23.9. The number of alkyl halides is 16. The summed E-state index contributed by atoms with van der Waals surface area (Å²) in [4.78, 5) is 0.664. The zero-order valence-electron chi connectivity index (χ0n) is 55.6. The van der Waals surface area contributed by atoms with E-state index in [0.29, 0.717) is 71.6 Å². The molecule has 0 bridgehead atoms. The van der Waals surface area contributed by atoms with Crippen molar-refractivity contribution < 1.29 is 79.7 Å². The minimum absolute atomic E-state index is 0.247. The van der Waals surface area contributed by atoms with Gasteiger partial charge in [0.25, 0.3) is 6.43 Å². The van der Waals surface area contributed by atoms with Gasteiger partial charge in [-0.1, -0.05) is 206 Å². The summed E-state index contributed by atoms with van der Waals surface area (Å²) in [6, 6.07) is 43.5. The molecule has 0 spiro atoms. The fraction of sp³-hybridized carbons (Fsp3) is 0.500. The Morgan fingerprint density at radius 3 is 0.868 bits per heavy atom. The second kappa shape index (κ2) is 44.7. The van der Waals surface area contributed by atoms with E-state index in [-0.39, 0.29) is 5.75 Å². The Balaban J connectivity index is 0. The summed E-state index contributed by atoms with van der Waals surface area (Å²) in [5, 5.41) is 0. The molecule has 2 nitrogen and oxygen atoms in total. The lowest BCUT2D eigenvalue weighted by Crippen LogP contribution is -2.19. The predicted molar refractivity (Wildman–Crippen MR) is 345 cm³/mol. The Labute approximate surface area is 536 Å². The topological polar surface area (TPSA) is 18.5 Å². The zero-order valence-corrected chi connectivity index (χ0v) is 56.4. The van der Waals surface area contributed by atoms with Crippen LogP contribution in [0, 0.1) is 0 Å². The van der Waals surface area contributed by atoms with Crippen LogP contribution in [0.3, 0.4) is 0 Å². The molecule has 0 amide bonds. The van der Waals surface area contributed by atoms with E-state index in [2.05, 4.69) is 77.5 Å². The number of thioether (sulfide) groups is 1. The molecule has 514 valence electrons. The third-order valence-corrected chi connectivity index (χ3v) is 14.6. The van der Waals surface area contributed by atoms with E-state index in [1.54, 1.807) is 97.1 Å². The van der Waals surface area contributed by atoms with Gasteiger partial charge in [-0.15, -0.1) is 11.8 Å². The number of rotatable bonds is 18. The van der Waals surface area contributed by atoms with Gasteiger partial charge in [-0.05, 0) is 149 Å². The number of unbranched alkanes of at least 4 members (excludes halogenated alkanes) is 1. The van der Waals surface area contributed by atoms with Crippen LogP contribution in [0.15, 0.2) is 150 Å². The average Bonchev–Trinajstić information content (AvgIpc) is 3.00. The molecule has 0 aromatic heterocycles. The van der Waals surface area contributed by atoms with Gasteiger partial charge in [-0.3, -0.25) is 8.78 Å². The molecular weight excluding hydrogens is 1230 g/mol. The van der Waals surface area contributed by atoms with Crippen molar-refractivity contribution in [2.45, 2.75) is 206 Å². The lowest BCUT2D eigenvalue weighted by atomic mass is 9.96. The molecule has 0 aliphatic heterocycles. The van der Waals surface area contributed by atoms with Crippen molar-refractivity contribution in [3.8, 4) is 11.5 Å². The van der Waals surface area contributed by atoms with E-state index in [1.165, 1.54) is 49.8 Å². The van der Waals surface area contributed by atoms with Crippen LogP contribution in [0.25, 0.3) is 0 Å². The quantitative estimate of drug-likeness (QED) is 0.0631. The standard InChI is InChI=1S/C13H20.2C12H15F3.C11H13F3O.C11H13F3S.C11H14F2O.2CH3F/c1-4-5-6-12-7-9-13(10-8-12)11(2)3;2*1-8(2)10-4-6-11(7-5-10)9(3)12(13,14)15;2*1-8(2)9-3-5-10(6-4-9)15-7-11(12,13)14;1-8(2)9-3-5-10(6-4-9)14-7-11(12)13;2*1-2/h7-11H,4-6H2,1-3H3;2*4-9H,1-3H3;2*3-6,8H,7H2,1-2H3;3-6,8,11H,7H2,1-2H3;2*1H3. The van der Waals surface area contributed by atoms with Crippen molar-refractivity contribution in [3.63, 3.8) is 0 Å². The van der Waals surface area contributed by atoms with Gasteiger partial charge < -0.3 is 9.47 Å². The van der Waals surface area contributed by atoms with E-state index in [9.17, 15) is 70.2 Å². The minimum atomic E-state index is -4.28. The SMILES string of the molecule is CC(C)c1ccc(C(C)C(F)(F)F)cc1.CC(C)c1ccc(C(C)C(F)(F)F)cc1.CC(C)c1ccc(OCC(F)(F)F)cc1.CC(C)c1ccc(OCC(F)F)cc1.CC(C)c1ccc(SCC(F)(F)F)cc1.CCCCc1ccc(C(C)C)cc1.CF.CF. The van der Waals surface area contributed by atoms with Crippen molar-refractivity contribution >= 4 is 11.8 Å². The number of hydrogen-bond acceptors (Lipinski definition) is 3. The first-order valence-electron chi connectivity index (χ1n) is 30.0. The van der Waals surface area contributed by atoms with Crippen molar-refractivity contribution in [2.24, 2.45) is 0 Å². The molecule has 0 aliphatic carbocycles. The molecule has 0 saturated carbocycles. The third kappa shape index (κ3) is 40.0. The molecule has 0 fully saturated rings. The number of ether oxygens (including phenoxy) is 2. The molecule has 0 saturated heterocycles. The third-order valence-electron chi connectivity index (χ3n) is 13.5. The molecule has 2 unspecified atom stereocenters. The van der Waals surface area contributed by atoms with E-state index in [1.807, 2.05) is 65.8 Å². The van der Waals surface area contributed by atoms with Crippen LogP contribution in [0.4, 0.5) is 70.2 Å². The summed E-state index contributed by atoms with van der Waals surface area (Å²) in [6.07, 6.45) is -15.3. The highest BCUT2D eigenvalue weighted by Gasteiger charge is 2.38. The summed E-state index contributed by atoms with van der Waals surface area (Å²) in [5.41, 5.74) is 9.10. The highest BCUT2D eigenvalue weighted by Crippen LogP contribution is 2.36. The number of halogens is 16.